The van der Waals surface area contributed by atoms with Gasteiger partial charge in [0.25, 0.3) is 0 Å². The van der Waals surface area contributed by atoms with Crippen LogP contribution in [0.15, 0.2) is 48.5 Å². The summed E-state index contributed by atoms with van der Waals surface area (Å²) >= 11 is 0. The third-order valence-electron chi connectivity index (χ3n) is 8.06. The van der Waals surface area contributed by atoms with E-state index >= 15 is 0 Å². The molecule has 5 heteroatoms. The van der Waals surface area contributed by atoms with Gasteiger partial charge in [-0.1, -0.05) is 44.2 Å². The normalized spacial score (nSPS) is 20.1. The zero-order valence-corrected chi connectivity index (χ0v) is 22.7. The molecule has 2 aliphatic rings. The van der Waals surface area contributed by atoms with Crippen LogP contribution in [0.1, 0.15) is 60.9 Å². The number of aromatic hydroxyl groups is 1. The zero-order valence-electron chi connectivity index (χ0n) is 22.7. The SMILES string of the molecule is COc1cc(/C=C/c2cc3c(c(OC)c2)OC2CCCC(C)(C)[C@H]2C3)cc(O)c1/C=C/c1ccc(N)cc1. The molecule has 1 fully saturated rings. The van der Waals surface area contributed by atoms with Gasteiger partial charge in [0, 0.05) is 11.6 Å². The first-order valence-electron chi connectivity index (χ1n) is 13.3. The topological polar surface area (TPSA) is 73.9 Å². The summed E-state index contributed by atoms with van der Waals surface area (Å²) in [5, 5.41) is 10.8. The van der Waals surface area contributed by atoms with Gasteiger partial charge in [-0.3, -0.25) is 0 Å². The molecule has 0 saturated heterocycles. The van der Waals surface area contributed by atoms with Crippen LogP contribution in [0.2, 0.25) is 0 Å². The van der Waals surface area contributed by atoms with Crippen LogP contribution in [0, 0.1) is 11.3 Å². The molecule has 3 N–H and O–H groups in total. The molecule has 1 aliphatic heterocycles. The highest BCUT2D eigenvalue weighted by atomic mass is 16.5. The predicted octanol–water partition coefficient (Wildman–Crippen LogP) is 7.46. The number of nitrogen functional groups attached to an aromatic ring is 1. The van der Waals surface area contributed by atoms with E-state index in [1.807, 2.05) is 60.7 Å². The highest BCUT2D eigenvalue weighted by Crippen LogP contribution is 2.50. The third kappa shape index (κ3) is 5.24. The maximum atomic E-state index is 10.8. The molecule has 2 atom stereocenters. The number of hydrogen-bond donors (Lipinski definition) is 2. The van der Waals surface area contributed by atoms with Gasteiger partial charge in [0.2, 0.25) is 0 Å². The second-order valence-corrected chi connectivity index (χ2v) is 11.0. The van der Waals surface area contributed by atoms with E-state index in [1.54, 1.807) is 20.3 Å². The van der Waals surface area contributed by atoms with E-state index in [1.165, 1.54) is 18.4 Å². The number of anilines is 1. The molecule has 198 valence electrons. The molecule has 3 aromatic rings. The van der Waals surface area contributed by atoms with Crippen molar-refractivity contribution in [2.75, 3.05) is 20.0 Å². The number of ether oxygens (including phenoxy) is 3. The van der Waals surface area contributed by atoms with Crippen molar-refractivity contribution < 1.29 is 19.3 Å². The largest absolute Gasteiger partial charge is 0.507 e. The Hall–Kier alpha value is -3.86. The van der Waals surface area contributed by atoms with Crippen LogP contribution in [-0.2, 0) is 6.42 Å². The molecule has 1 saturated carbocycles. The minimum Gasteiger partial charge on any atom is -0.507 e. The van der Waals surface area contributed by atoms with Crippen LogP contribution in [0.3, 0.4) is 0 Å². The minimum absolute atomic E-state index is 0.151. The van der Waals surface area contributed by atoms with E-state index in [-0.39, 0.29) is 17.3 Å². The molecule has 0 bridgehead atoms. The van der Waals surface area contributed by atoms with Crippen LogP contribution in [-0.4, -0.2) is 25.4 Å². The number of benzene rings is 3. The van der Waals surface area contributed by atoms with Gasteiger partial charge < -0.3 is 25.1 Å². The molecule has 1 heterocycles. The summed E-state index contributed by atoms with van der Waals surface area (Å²) in [5.41, 5.74) is 11.4. The Morgan fingerprint density at radius 2 is 1.55 bits per heavy atom. The number of nitrogens with two attached hydrogens (primary N) is 1. The first kappa shape index (κ1) is 25.8. The summed E-state index contributed by atoms with van der Waals surface area (Å²) in [4.78, 5) is 0. The average molecular weight is 512 g/mol. The van der Waals surface area contributed by atoms with Gasteiger partial charge in [-0.25, -0.2) is 0 Å². The molecule has 3 aromatic carbocycles. The standard InChI is InChI=1S/C33H37NO4/c1-33(2)15-5-6-29-27(33)20-24-16-22(19-31(37-4)32(24)38-29)7-8-23-17-28(35)26(30(18-23)36-3)14-11-21-9-12-25(34)13-10-21/h7-14,16-19,27,29,35H,5-6,15,20,34H2,1-4H3/b8-7+,14-11+/t27-,29?/m0/s1. The van der Waals surface area contributed by atoms with Crippen molar-refractivity contribution in [3.63, 3.8) is 0 Å². The molecule has 0 amide bonds. The maximum Gasteiger partial charge on any atom is 0.164 e. The Labute approximate surface area is 225 Å². The van der Waals surface area contributed by atoms with E-state index in [9.17, 15) is 5.11 Å². The second kappa shape index (κ2) is 10.5. The third-order valence-corrected chi connectivity index (χ3v) is 8.06. The first-order chi connectivity index (χ1) is 18.3. The van der Waals surface area contributed by atoms with Crippen molar-refractivity contribution in [1.29, 1.82) is 0 Å². The summed E-state index contributed by atoms with van der Waals surface area (Å²) in [7, 11) is 3.31. The van der Waals surface area contributed by atoms with Gasteiger partial charge in [-0.05, 0) is 95.8 Å². The van der Waals surface area contributed by atoms with Gasteiger partial charge in [0.05, 0.1) is 19.8 Å². The molecule has 1 unspecified atom stereocenters. The fourth-order valence-corrected chi connectivity index (χ4v) is 5.85. The Morgan fingerprint density at radius 1 is 0.895 bits per heavy atom. The lowest BCUT2D eigenvalue weighted by atomic mass is 9.64. The van der Waals surface area contributed by atoms with E-state index in [4.69, 9.17) is 19.9 Å². The number of phenols is 1. The second-order valence-electron chi connectivity index (χ2n) is 11.0. The highest BCUT2D eigenvalue weighted by Gasteiger charge is 2.43. The smallest absolute Gasteiger partial charge is 0.164 e. The Balaban J connectivity index is 1.41. The Bertz CT molecular complexity index is 1370. The molecule has 0 radical (unpaired) electrons. The van der Waals surface area contributed by atoms with Gasteiger partial charge in [0.1, 0.15) is 17.6 Å². The maximum absolute atomic E-state index is 10.8. The lowest BCUT2D eigenvalue weighted by molar-refractivity contribution is -0.00708. The van der Waals surface area contributed by atoms with Crippen molar-refractivity contribution in [2.24, 2.45) is 11.3 Å². The number of fused-ring (bicyclic) bond motifs is 2. The summed E-state index contributed by atoms with van der Waals surface area (Å²) in [6.45, 7) is 4.74. The summed E-state index contributed by atoms with van der Waals surface area (Å²) in [6.07, 6.45) is 12.6. The monoisotopic (exact) mass is 511 g/mol. The fourth-order valence-electron chi connectivity index (χ4n) is 5.85. The summed E-state index contributed by atoms with van der Waals surface area (Å²) in [6, 6.07) is 15.4. The van der Waals surface area contributed by atoms with E-state index in [0.29, 0.717) is 22.9 Å². The van der Waals surface area contributed by atoms with Crippen molar-refractivity contribution in [3.05, 3.63) is 76.3 Å². The van der Waals surface area contributed by atoms with Crippen molar-refractivity contribution in [1.82, 2.24) is 0 Å². The summed E-state index contributed by atoms with van der Waals surface area (Å²) < 4.78 is 17.9. The summed E-state index contributed by atoms with van der Waals surface area (Å²) in [5.74, 6) is 2.91. The number of phenolic OH excluding ortho intramolecular Hbond substituents is 1. The molecule has 0 spiro atoms. The molecule has 38 heavy (non-hydrogen) atoms. The van der Waals surface area contributed by atoms with E-state index in [2.05, 4.69) is 19.9 Å². The van der Waals surface area contributed by atoms with Crippen molar-refractivity contribution in [2.45, 2.75) is 45.6 Å². The molecule has 5 nitrogen and oxygen atoms in total. The van der Waals surface area contributed by atoms with Gasteiger partial charge in [0.15, 0.2) is 11.5 Å². The molecule has 1 aliphatic carbocycles. The van der Waals surface area contributed by atoms with Crippen molar-refractivity contribution in [3.8, 4) is 23.0 Å². The number of methoxy groups -OCH3 is 2. The quantitative estimate of drug-likeness (QED) is 0.265. The molecule has 0 aromatic heterocycles. The number of rotatable bonds is 6. The van der Waals surface area contributed by atoms with E-state index in [0.717, 1.165) is 41.0 Å². The molecular formula is C33H37NO4. The average Bonchev–Trinajstić information content (AvgIpc) is 2.90. The van der Waals surface area contributed by atoms with Crippen LogP contribution < -0.4 is 19.9 Å². The number of hydrogen-bond acceptors (Lipinski definition) is 5. The lowest BCUT2D eigenvalue weighted by Crippen LogP contribution is -2.45. The fraction of sp³-hybridized carbons (Fsp3) is 0.333. The Kier molecular flexibility index (Phi) is 7.11. The van der Waals surface area contributed by atoms with E-state index < -0.39 is 0 Å². The van der Waals surface area contributed by atoms with Gasteiger partial charge in [-0.2, -0.15) is 0 Å². The first-order valence-corrected chi connectivity index (χ1v) is 13.3. The van der Waals surface area contributed by atoms with Crippen LogP contribution >= 0.6 is 0 Å². The zero-order chi connectivity index (χ0) is 26.9. The predicted molar refractivity (Wildman–Crippen MR) is 156 cm³/mol. The highest BCUT2D eigenvalue weighted by molar-refractivity contribution is 5.80. The lowest BCUT2D eigenvalue weighted by Gasteiger charge is -2.47. The molecule has 5 rings (SSSR count). The van der Waals surface area contributed by atoms with Crippen LogP contribution in [0.25, 0.3) is 24.3 Å². The van der Waals surface area contributed by atoms with Gasteiger partial charge in [-0.15, -0.1) is 0 Å². The Morgan fingerprint density at radius 3 is 2.26 bits per heavy atom. The van der Waals surface area contributed by atoms with Gasteiger partial charge >= 0.3 is 0 Å². The minimum atomic E-state index is 0.151. The van der Waals surface area contributed by atoms with Crippen molar-refractivity contribution >= 4 is 30.0 Å². The van der Waals surface area contributed by atoms with Crippen LogP contribution in [0.4, 0.5) is 5.69 Å². The molecular weight excluding hydrogens is 474 g/mol. The van der Waals surface area contributed by atoms with Crippen LogP contribution in [0.5, 0.6) is 23.0 Å².